The molecule has 0 fully saturated rings. The van der Waals surface area contributed by atoms with Gasteiger partial charge in [-0.15, -0.1) is 11.3 Å². The normalized spacial score (nSPS) is 11.2. The number of thiophene rings is 1. The fraction of sp³-hybridized carbons (Fsp3) is 0. The van der Waals surface area contributed by atoms with Crippen molar-refractivity contribution < 1.29 is 0 Å². The monoisotopic (exact) mass is 581 g/mol. The van der Waals surface area contributed by atoms with Gasteiger partial charge in [0, 0.05) is 39.6 Å². The fourth-order valence-corrected chi connectivity index (χ4v) is 6.85. The van der Waals surface area contributed by atoms with Gasteiger partial charge in [-0.1, -0.05) is 109 Å². The molecule has 0 saturated heterocycles. The summed E-state index contributed by atoms with van der Waals surface area (Å²) in [5.74, 6) is 0. The van der Waals surface area contributed by atoms with Crippen molar-refractivity contribution in [2.24, 2.45) is 0 Å². The third kappa shape index (κ3) is 4.81. The van der Waals surface area contributed by atoms with Gasteiger partial charge in [-0.05, 0) is 75.0 Å². The Kier molecular flexibility index (Phi) is 6.67. The maximum absolute atomic E-state index is 4.46. The highest BCUT2D eigenvalue weighted by molar-refractivity contribution is 7.17. The van der Waals surface area contributed by atoms with Crippen LogP contribution in [-0.4, -0.2) is 9.97 Å². The Morgan fingerprint density at radius 2 is 1.14 bits per heavy atom. The van der Waals surface area contributed by atoms with Crippen molar-refractivity contribution in [2.45, 2.75) is 0 Å². The van der Waals surface area contributed by atoms with Crippen LogP contribution >= 0.6 is 11.3 Å². The van der Waals surface area contributed by atoms with E-state index in [1.165, 1.54) is 33.0 Å². The van der Waals surface area contributed by atoms with Crippen molar-refractivity contribution >= 4 is 49.4 Å². The molecule has 6 aromatic carbocycles. The zero-order chi connectivity index (χ0) is 29.3. The van der Waals surface area contributed by atoms with Gasteiger partial charge in [-0.25, -0.2) is 9.97 Å². The van der Waals surface area contributed by atoms with Crippen molar-refractivity contribution in [3.8, 4) is 33.4 Å². The van der Waals surface area contributed by atoms with E-state index in [1.54, 1.807) is 17.7 Å². The molecule has 0 spiro atoms. The van der Waals surface area contributed by atoms with Crippen molar-refractivity contribution in [1.82, 2.24) is 9.97 Å². The van der Waals surface area contributed by atoms with Gasteiger partial charge < -0.3 is 4.90 Å². The number of benzene rings is 6. The average Bonchev–Trinajstić information content (AvgIpc) is 3.54. The van der Waals surface area contributed by atoms with Crippen LogP contribution in [0.5, 0.6) is 0 Å². The van der Waals surface area contributed by atoms with Crippen molar-refractivity contribution in [3.63, 3.8) is 0 Å². The maximum atomic E-state index is 4.46. The molecular formula is C40H27N3S. The van der Waals surface area contributed by atoms with E-state index < -0.39 is 0 Å². The first-order valence-electron chi connectivity index (χ1n) is 14.6. The highest BCUT2D eigenvalue weighted by Crippen LogP contribution is 2.40. The van der Waals surface area contributed by atoms with Crippen molar-refractivity contribution in [1.29, 1.82) is 0 Å². The second-order valence-corrected chi connectivity index (χ2v) is 11.6. The minimum atomic E-state index is 0.998. The van der Waals surface area contributed by atoms with Gasteiger partial charge in [0.25, 0.3) is 0 Å². The number of hydrogen-bond donors (Lipinski definition) is 0. The molecule has 2 aromatic heterocycles. The molecule has 3 nitrogen and oxygen atoms in total. The van der Waals surface area contributed by atoms with Crippen LogP contribution in [0, 0.1) is 0 Å². The smallest absolute Gasteiger partial charge is 0.127 e. The standard InChI is InChI=1S/C40H27N3S/c1-2-8-28(9-3-1)29-16-20-33(21-17-29)43(35-13-6-12-32(24-35)39-26-44-40-38(39)25-41-27-42-40)34-22-18-31(19-23-34)37-15-7-11-30-10-4-5-14-36(30)37/h1-27H. The van der Waals surface area contributed by atoms with E-state index in [-0.39, 0.29) is 0 Å². The summed E-state index contributed by atoms with van der Waals surface area (Å²) >= 11 is 1.65. The zero-order valence-corrected chi connectivity index (χ0v) is 24.7. The lowest BCUT2D eigenvalue weighted by Crippen LogP contribution is -2.10. The largest absolute Gasteiger partial charge is 0.310 e. The van der Waals surface area contributed by atoms with E-state index in [2.05, 4.69) is 166 Å². The third-order valence-electron chi connectivity index (χ3n) is 8.13. The molecule has 0 aliphatic carbocycles. The molecule has 0 radical (unpaired) electrons. The second kappa shape index (κ2) is 11.3. The average molecular weight is 582 g/mol. The van der Waals surface area contributed by atoms with Gasteiger partial charge in [0.15, 0.2) is 0 Å². The molecule has 0 N–H and O–H groups in total. The van der Waals surface area contributed by atoms with E-state index in [9.17, 15) is 0 Å². The fourth-order valence-electron chi connectivity index (χ4n) is 5.96. The number of hydrogen-bond acceptors (Lipinski definition) is 4. The Balaban J connectivity index is 1.23. The summed E-state index contributed by atoms with van der Waals surface area (Å²) in [6.07, 6.45) is 3.52. The predicted octanol–water partition coefficient (Wildman–Crippen LogP) is 11.3. The molecule has 0 amide bonds. The molecule has 8 rings (SSSR count). The van der Waals surface area contributed by atoms with Crippen molar-refractivity contribution in [2.75, 3.05) is 4.90 Å². The molecule has 0 aliphatic rings. The van der Waals surface area contributed by atoms with E-state index in [0.717, 1.165) is 38.4 Å². The molecule has 0 atom stereocenters. The Labute approximate surface area is 260 Å². The highest BCUT2D eigenvalue weighted by atomic mass is 32.1. The third-order valence-corrected chi connectivity index (χ3v) is 9.03. The first-order valence-corrected chi connectivity index (χ1v) is 15.5. The summed E-state index contributed by atoms with van der Waals surface area (Å²) in [6.45, 7) is 0. The second-order valence-electron chi connectivity index (χ2n) is 10.8. The SMILES string of the molecule is c1ccc(-c2ccc(N(c3ccc(-c4cccc5ccccc45)cc3)c3cccc(-c4csc5ncncc45)c3)cc2)cc1. The number of anilines is 3. The van der Waals surface area contributed by atoms with Crippen LogP contribution in [0.25, 0.3) is 54.4 Å². The highest BCUT2D eigenvalue weighted by Gasteiger charge is 2.16. The van der Waals surface area contributed by atoms with E-state index >= 15 is 0 Å². The minimum absolute atomic E-state index is 0.998. The first kappa shape index (κ1) is 26.1. The summed E-state index contributed by atoms with van der Waals surface area (Å²) < 4.78 is 0. The molecule has 0 bridgehead atoms. The summed E-state index contributed by atoms with van der Waals surface area (Å²) in [6, 6.07) is 52.1. The van der Waals surface area contributed by atoms with Gasteiger partial charge in [0.1, 0.15) is 11.2 Å². The molecule has 44 heavy (non-hydrogen) atoms. The lowest BCUT2D eigenvalue weighted by atomic mass is 9.98. The van der Waals surface area contributed by atoms with E-state index in [0.29, 0.717) is 0 Å². The molecule has 208 valence electrons. The van der Waals surface area contributed by atoms with Crippen LogP contribution in [0.1, 0.15) is 0 Å². The van der Waals surface area contributed by atoms with Crippen LogP contribution < -0.4 is 4.90 Å². The lowest BCUT2D eigenvalue weighted by molar-refractivity contribution is 1.23. The van der Waals surface area contributed by atoms with Crippen LogP contribution in [0.3, 0.4) is 0 Å². The Bertz CT molecular complexity index is 2210. The van der Waals surface area contributed by atoms with Gasteiger partial charge in [0.2, 0.25) is 0 Å². The number of aromatic nitrogens is 2. The number of nitrogens with zero attached hydrogens (tertiary/aromatic N) is 3. The first-order chi connectivity index (χ1) is 21.8. The van der Waals surface area contributed by atoms with Gasteiger partial charge >= 0.3 is 0 Å². The Hall–Kier alpha value is -5.58. The van der Waals surface area contributed by atoms with E-state index in [1.807, 2.05) is 6.20 Å². The quantitative estimate of drug-likeness (QED) is 0.196. The van der Waals surface area contributed by atoms with Crippen molar-refractivity contribution in [3.05, 3.63) is 163 Å². The van der Waals surface area contributed by atoms with Gasteiger partial charge in [-0.2, -0.15) is 0 Å². The molecule has 0 unspecified atom stereocenters. The summed E-state index contributed by atoms with van der Waals surface area (Å²) in [5.41, 5.74) is 10.4. The van der Waals surface area contributed by atoms with Crippen LogP contribution in [0.2, 0.25) is 0 Å². The van der Waals surface area contributed by atoms with Crippen LogP contribution in [0.4, 0.5) is 17.1 Å². The number of fused-ring (bicyclic) bond motifs is 2. The summed E-state index contributed by atoms with van der Waals surface area (Å²) in [4.78, 5) is 12.1. The molecule has 2 heterocycles. The predicted molar refractivity (Wildman–Crippen MR) is 186 cm³/mol. The molecular weight excluding hydrogens is 555 g/mol. The Morgan fingerprint density at radius 3 is 1.95 bits per heavy atom. The Morgan fingerprint density at radius 1 is 0.477 bits per heavy atom. The van der Waals surface area contributed by atoms with Gasteiger partial charge in [0.05, 0.1) is 0 Å². The maximum Gasteiger partial charge on any atom is 0.127 e. The minimum Gasteiger partial charge on any atom is -0.310 e. The van der Waals surface area contributed by atoms with Crippen LogP contribution in [-0.2, 0) is 0 Å². The lowest BCUT2D eigenvalue weighted by Gasteiger charge is -2.26. The molecule has 4 heteroatoms. The van der Waals surface area contributed by atoms with E-state index in [4.69, 9.17) is 0 Å². The summed E-state index contributed by atoms with van der Waals surface area (Å²) in [5, 5.41) is 5.76. The van der Waals surface area contributed by atoms with Crippen LogP contribution in [0.15, 0.2) is 163 Å². The van der Waals surface area contributed by atoms with Gasteiger partial charge in [-0.3, -0.25) is 0 Å². The molecule has 0 saturated carbocycles. The number of rotatable bonds is 6. The molecule has 8 aromatic rings. The summed E-state index contributed by atoms with van der Waals surface area (Å²) in [7, 11) is 0. The molecule has 0 aliphatic heterocycles. The topological polar surface area (TPSA) is 29.0 Å². The zero-order valence-electron chi connectivity index (χ0n) is 23.8.